The van der Waals surface area contributed by atoms with Gasteiger partial charge in [0.15, 0.2) is 0 Å². The quantitative estimate of drug-likeness (QED) is 0.831. The van der Waals surface area contributed by atoms with E-state index in [1.165, 1.54) is 5.52 Å². The van der Waals surface area contributed by atoms with Crippen molar-refractivity contribution < 1.29 is 5.11 Å². The van der Waals surface area contributed by atoms with Crippen molar-refractivity contribution in [3.8, 4) is 0 Å². The van der Waals surface area contributed by atoms with Crippen molar-refractivity contribution in [1.82, 2.24) is 4.57 Å². The number of aliphatic hydroxyl groups excluding tert-OH is 1. The molecule has 0 spiro atoms. The molecule has 74 valence electrons. The van der Waals surface area contributed by atoms with E-state index in [1.54, 1.807) is 6.92 Å². The number of benzene rings is 1. The normalized spacial score (nSPS) is 13.4. The fraction of sp³-hybridized carbons (Fsp3) is 0.273. The predicted octanol–water partition coefficient (Wildman–Crippen LogP) is 2.99. The summed E-state index contributed by atoms with van der Waals surface area (Å²) in [5.41, 5.74) is 2.12. The Morgan fingerprint density at radius 3 is 2.79 bits per heavy atom. The van der Waals surface area contributed by atoms with E-state index in [0.29, 0.717) is 0 Å². The van der Waals surface area contributed by atoms with E-state index in [2.05, 4.69) is 20.5 Å². The fourth-order valence-electron chi connectivity index (χ4n) is 1.62. The summed E-state index contributed by atoms with van der Waals surface area (Å²) in [6.45, 7) is 1.78. The van der Waals surface area contributed by atoms with Gasteiger partial charge in [0.1, 0.15) is 0 Å². The Labute approximate surface area is 91.3 Å². The fourth-order valence-corrected chi connectivity index (χ4v) is 2.25. The third kappa shape index (κ3) is 1.47. The molecule has 1 aromatic heterocycles. The first-order valence-electron chi connectivity index (χ1n) is 4.52. The molecule has 0 fully saturated rings. The maximum Gasteiger partial charge on any atom is 0.0762 e. The summed E-state index contributed by atoms with van der Waals surface area (Å²) < 4.78 is 3.13. The molecule has 2 aromatic rings. The summed E-state index contributed by atoms with van der Waals surface area (Å²) in [5, 5.41) is 10.6. The van der Waals surface area contributed by atoms with Gasteiger partial charge < -0.3 is 9.67 Å². The van der Waals surface area contributed by atoms with Crippen LogP contribution in [0.15, 0.2) is 28.9 Å². The average molecular weight is 254 g/mol. The molecule has 1 aromatic carbocycles. The van der Waals surface area contributed by atoms with Crippen LogP contribution in [0.25, 0.3) is 10.9 Å². The predicted molar refractivity (Wildman–Crippen MR) is 61.3 cm³/mol. The maximum absolute atomic E-state index is 9.46. The molecule has 0 aliphatic heterocycles. The van der Waals surface area contributed by atoms with Crippen LogP contribution in [0.5, 0.6) is 0 Å². The monoisotopic (exact) mass is 253 g/mol. The van der Waals surface area contributed by atoms with Gasteiger partial charge in [-0.15, -0.1) is 0 Å². The van der Waals surface area contributed by atoms with Gasteiger partial charge in [0.2, 0.25) is 0 Å². The van der Waals surface area contributed by atoms with Crippen molar-refractivity contribution in [1.29, 1.82) is 0 Å². The van der Waals surface area contributed by atoms with E-state index >= 15 is 0 Å². The summed E-state index contributed by atoms with van der Waals surface area (Å²) in [5.74, 6) is 0. The molecule has 14 heavy (non-hydrogen) atoms. The van der Waals surface area contributed by atoms with Crippen LogP contribution in [-0.4, -0.2) is 9.67 Å². The second kappa shape index (κ2) is 3.41. The summed E-state index contributed by atoms with van der Waals surface area (Å²) in [6, 6.07) is 6.01. The summed E-state index contributed by atoms with van der Waals surface area (Å²) in [4.78, 5) is 0. The molecule has 0 radical (unpaired) electrons. The molecule has 0 aliphatic carbocycles. The van der Waals surface area contributed by atoms with Gasteiger partial charge in [0, 0.05) is 28.6 Å². The van der Waals surface area contributed by atoms with Gasteiger partial charge >= 0.3 is 0 Å². The first-order chi connectivity index (χ1) is 6.59. The van der Waals surface area contributed by atoms with Crippen molar-refractivity contribution in [3.05, 3.63) is 34.4 Å². The highest BCUT2D eigenvalue weighted by molar-refractivity contribution is 9.10. The molecule has 0 saturated carbocycles. The lowest BCUT2D eigenvalue weighted by molar-refractivity contribution is 0.199. The van der Waals surface area contributed by atoms with Gasteiger partial charge in [-0.3, -0.25) is 0 Å². The number of aromatic nitrogens is 1. The number of fused-ring (bicyclic) bond motifs is 1. The van der Waals surface area contributed by atoms with Crippen LogP contribution in [0, 0.1) is 0 Å². The highest BCUT2D eigenvalue weighted by atomic mass is 79.9. The van der Waals surface area contributed by atoms with Gasteiger partial charge in [-0.25, -0.2) is 0 Å². The van der Waals surface area contributed by atoms with Crippen LogP contribution in [0.4, 0.5) is 0 Å². The Morgan fingerprint density at radius 1 is 1.43 bits per heavy atom. The molecule has 1 atom stereocenters. The van der Waals surface area contributed by atoms with E-state index in [9.17, 15) is 5.11 Å². The van der Waals surface area contributed by atoms with E-state index in [0.717, 1.165) is 15.4 Å². The number of aliphatic hydroxyl groups is 1. The van der Waals surface area contributed by atoms with Crippen molar-refractivity contribution in [3.63, 3.8) is 0 Å². The van der Waals surface area contributed by atoms with Crippen LogP contribution in [-0.2, 0) is 7.05 Å². The Hall–Kier alpha value is -0.800. The Balaban J connectivity index is 2.71. The van der Waals surface area contributed by atoms with Crippen molar-refractivity contribution in [2.75, 3.05) is 0 Å². The molecule has 0 aliphatic rings. The Morgan fingerprint density at radius 2 is 2.14 bits per heavy atom. The summed E-state index contributed by atoms with van der Waals surface area (Å²) >= 11 is 3.50. The molecule has 0 saturated heterocycles. The standard InChI is InChI=1S/C11H12BrNO/c1-7(14)8-3-4-11-9(5-8)10(12)6-13(11)2/h3-7,14H,1-2H3. The number of hydrogen-bond donors (Lipinski definition) is 1. The van der Waals surface area contributed by atoms with Crippen LogP contribution < -0.4 is 0 Å². The van der Waals surface area contributed by atoms with Crippen LogP contribution in [0.1, 0.15) is 18.6 Å². The lowest BCUT2D eigenvalue weighted by Gasteiger charge is -2.04. The summed E-state index contributed by atoms with van der Waals surface area (Å²) in [7, 11) is 2.01. The number of halogens is 1. The number of rotatable bonds is 1. The Bertz CT molecular complexity index is 473. The van der Waals surface area contributed by atoms with Crippen molar-refractivity contribution in [2.24, 2.45) is 7.05 Å². The third-order valence-corrected chi connectivity index (χ3v) is 3.08. The molecule has 2 nitrogen and oxygen atoms in total. The maximum atomic E-state index is 9.46. The second-order valence-electron chi connectivity index (χ2n) is 3.54. The average Bonchev–Trinajstić information content (AvgIpc) is 2.42. The van der Waals surface area contributed by atoms with E-state index in [4.69, 9.17) is 0 Å². The van der Waals surface area contributed by atoms with Crippen molar-refractivity contribution >= 4 is 26.8 Å². The number of nitrogens with zero attached hydrogens (tertiary/aromatic N) is 1. The largest absolute Gasteiger partial charge is 0.389 e. The van der Waals surface area contributed by atoms with Crippen molar-refractivity contribution in [2.45, 2.75) is 13.0 Å². The molecule has 2 rings (SSSR count). The smallest absolute Gasteiger partial charge is 0.0762 e. The molecule has 3 heteroatoms. The number of aryl methyl sites for hydroxylation is 1. The molecular weight excluding hydrogens is 242 g/mol. The first-order valence-corrected chi connectivity index (χ1v) is 5.31. The molecule has 1 heterocycles. The zero-order valence-electron chi connectivity index (χ0n) is 8.16. The second-order valence-corrected chi connectivity index (χ2v) is 4.39. The molecule has 1 N–H and O–H groups in total. The lowest BCUT2D eigenvalue weighted by atomic mass is 10.1. The van der Waals surface area contributed by atoms with Crippen LogP contribution in [0.3, 0.4) is 0 Å². The van der Waals surface area contributed by atoms with E-state index < -0.39 is 6.10 Å². The van der Waals surface area contributed by atoms with Gasteiger partial charge in [0.05, 0.1) is 6.10 Å². The Kier molecular flexibility index (Phi) is 2.37. The molecule has 1 unspecified atom stereocenters. The minimum Gasteiger partial charge on any atom is -0.389 e. The zero-order chi connectivity index (χ0) is 10.3. The summed E-state index contributed by atoms with van der Waals surface area (Å²) in [6.07, 6.45) is 1.61. The van der Waals surface area contributed by atoms with Crippen LogP contribution in [0.2, 0.25) is 0 Å². The minimum absolute atomic E-state index is 0.411. The van der Waals surface area contributed by atoms with Gasteiger partial charge in [0.25, 0.3) is 0 Å². The molecular formula is C11H12BrNO. The number of hydrogen-bond acceptors (Lipinski definition) is 1. The highest BCUT2D eigenvalue weighted by Crippen LogP contribution is 2.28. The highest BCUT2D eigenvalue weighted by Gasteiger charge is 2.07. The van der Waals surface area contributed by atoms with Crippen LogP contribution >= 0.6 is 15.9 Å². The third-order valence-electron chi connectivity index (χ3n) is 2.45. The van der Waals surface area contributed by atoms with E-state index in [1.807, 2.05) is 31.4 Å². The lowest BCUT2D eigenvalue weighted by Crippen LogP contribution is -1.90. The van der Waals surface area contributed by atoms with E-state index in [-0.39, 0.29) is 0 Å². The zero-order valence-corrected chi connectivity index (χ0v) is 9.75. The SMILES string of the molecule is CC(O)c1ccc2c(c1)c(Br)cn2C. The topological polar surface area (TPSA) is 25.2 Å². The molecule has 0 bridgehead atoms. The molecule has 0 amide bonds. The van der Waals surface area contributed by atoms with Gasteiger partial charge in [-0.2, -0.15) is 0 Å². The van der Waals surface area contributed by atoms with Gasteiger partial charge in [-0.05, 0) is 40.5 Å². The minimum atomic E-state index is -0.411. The first kappa shape index (κ1) is 9.74. The van der Waals surface area contributed by atoms with Gasteiger partial charge in [-0.1, -0.05) is 6.07 Å².